The van der Waals surface area contributed by atoms with Crippen molar-refractivity contribution in [3.05, 3.63) is 29.8 Å². The van der Waals surface area contributed by atoms with Crippen molar-refractivity contribution in [2.75, 3.05) is 26.2 Å². The molecule has 0 N–H and O–H groups in total. The molecule has 0 unspecified atom stereocenters. The highest BCUT2D eigenvalue weighted by atomic mass is 32.2. The summed E-state index contributed by atoms with van der Waals surface area (Å²) in [5.41, 5.74) is -1.05. The van der Waals surface area contributed by atoms with Gasteiger partial charge in [-0.25, -0.2) is 8.42 Å². The lowest BCUT2D eigenvalue weighted by Gasteiger charge is -2.32. The lowest BCUT2D eigenvalue weighted by Crippen LogP contribution is -2.44. The fourth-order valence-electron chi connectivity index (χ4n) is 2.97. The molecule has 0 spiro atoms. The Morgan fingerprint density at radius 2 is 1.75 bits per heavy atom. The normalized spacial score (nSPS) is 16.2. The maximum Gasteiger partial charge on any atom is 0.416 e. The monoisotopic (exact) mass is 414 g/mol. The Hall–Kier alpha value is -2.63. The quantitative estimate of drug-likeness (QED) is 0.685. The average Bonchev–Trinajstić information content (AvgIpc) is 2.67. The number of rotatable bonds is 5. The van der Waals surface area contributed by atoms with Crippen molar-refractivity contribution in [2.24, 2.45) is 5.92 Å². The van der Waals surface area contributed by atoms with E-state index >= 15 is 0 Å². The molecule has 7 nitrogen and oxygen atoms in total. The number of carbonyl (C=O) groups is 1. The first kappa shape index (κ1) is 21.7. The lowest BCUT2D eigenvalue weighted by atomic mass is 9.96. The first-order chi connectivity index (χ1) is 13.1. The van der Waals surface area contributed by atoms with Crippen LogP contribution in [-0.4, -0.2) is 49.7 Å². The second-order valence-electron chi connectivity index (χ2n) is 6.21. The molecule has 2 rings (SSSR count). The second kappa shape index (κ2) is 8.59. The molecule has 1 heterocycles. The zero-order chi connectivity index (χ0) is 20.9. The van der Waals surface area contributed by atoms with Gasteiger partial charge >= 0.3 is 6.18 Å². The van der Waals surface area contributed by atoms with E-state index in [9.17, 15) is 26.4 Å². The van der Waals surface area contributed by atoms with E-state index < -0.39 is 38.5 Å². The molecule has 1 aromatic carbocycles. The fraction of sp³-hybridized carbons (Fsp3) is 0.471. The third kappa shape index (κ3) is 4.80. The number of hydrogen-bond acceptors (Lipinski definition) is 5. The Morgan fingerprint density at radius 3 is 2.25 bits per heavy atom. The summed E-state index contributed by atoms with van der Waals surface area (Å²) >= 11 is 0. The zero-order valence-electron chi connectivity index (χ0n) is 14.7. The Labute approximate surface area is 160 Å². The fourth-order valence-corrected chi connectivity index (χ4v) is 4.48. The van der Waals surface area contributed by atoms with Crippen LogP contribution in [0.4, 0.5) is 13.2 Å². The van der Waals surface area contributed by atoms with Crippen LogP contribution in [0.1, 0.15) is 18.4 Å². The van der Waals surface area contributed by atoms with E-state index in [1.165, 1.54) is 0 Å². The van der Waals surface area contributed by atoms with Gasteiger partial charge in [0.2, 0.25) is 15.9 Å². The molecule has 150 valence electrons. The van der Waals surface area contributed by atoms with Crippen LogP contribution < -0.4 is 0 Å². The van der Waals surface area contributed by atoms with Gasteiger partial charge in [-0.3, -0.25) is 4.79 Å². The van der Waals surface area contributed by atoms with E-state index in [0.717, 1.165) is 27.4 Å². The summed E-state index contributed by atoms with van der Waals surface area (Å²) in [6, 6.07) is 7.12. The van der Waals surface area contributed by atoms with E-state index in [-0.39, 0.29) is 39.0 Å². The maximum absolute atomic E-state index is 12.8. The first-order valence-corrected chi connectivity index (χ1v) is 9.75. The molecular formula is C17H17F3N4O3S. The summed E-state index contributed by atoms with van der Waals surface area (Å²) in [5.74, 6) is -0.950. The SMILES string of the molecule is N#CCN(CC#N)C(=O)C1CCN(S(=O)(=O)c2cccc(C(F)(F)F)c2)CC1. The molecule has 11 heteroatoms. The minimum atomic E-state index is -4.66. The number of benzene rings is 1. The molecule has 1 aliphatic rings. The van der Waals surface area contributed by atoms with E-state index in [1.807, 2.05) is 0 Å². The van der Waals surface area contributed by atoms with Crippen LogP contribution in [0, 0.1) is 28.6 Å². The van der Waals surface area contributed by atoms with Crippen LogP contribution in [0.25, 0.3) is 0 Å². The maximum atomic E-state index is 12.8. The third-order valence-corrected chi connectivity index (χ3v) is 6.33. The van der Waals surface area contributed by atoms with Crippen LogP contribution in [0.15, 0.2) is 29.2 Å². The summed E-state index contributed by atoms with van der Waals surface area (Å²) in [5, 5.41) is 17.5. The summed E-state index contributed by atoms with van der Waals surface area (Å²) in [4.78, 5) is 13.0. The Balaban J connectivity index is 2.11. The van der Waals surface area contributed by atoms with Gasteiger partial charge in [-0.1, -0.05) is 6.07 Å². The van der Waals surface area contributed by atoms with Crippen LogP contribution >= 0.6 is 0 Å². The highest BCUT2D eigenvalue weighted by molar-refractivity contribution is 7.89. The van der Waals surface area contributed by atoms with Gasteiger partial charge in [-0.2, -0.15) is 28.0 Å². The summed E-state index contributed by atoms with van der Waals surface area (Å²) in [6.07, 6.45) is -4.34. The molecule has 1 amide bonds. The number of nitriles is 2. The van der Waals surface area contributed by atoms with Crippen LogP contribution in [0.5, 0.6) is 0 Å². The Morgan fingerprint density at radius 1 is 1.18 bits per heavy atom. The lowest BCUT2D eigenvalue weighted by molar-refractivity contribution is -0.138. The highest BCUT2D eigenvalue weighted by Crippen LogP contribution is 2.32. The van der Waals surface area contributed by atoms with E-state index in [0.29, 0.717) is 6.07 Å². The van der Waals surface area contributed by atoms with E-state index in [4.69, 9.17) is 10.5 Å². The number of halogens is 3. The second-order valence-corrected chi connectivity index (χ2v) is 8.15. The van der Waals surface area contributed by atoms with Gasteiger partial charge in [0, 0.05) is 19.0 Å². The molecule has 0 bridgehead atoms. The molecule has 1 aliphatic heterocycles. The van der Waals surface area contributed by atoms with E-state index in [1.54, 1.807) is 12.1 Å². The predicted octanol–water partition coefficient (Wildman–Crippen LogP) is 1.98. The van der Waals surface area contributed by atoms with Gasteiger partial charge in [0.15, 0.2) is 0 Å². The van der Waals surface area contributed by atoms with Gasteiger partial charge in [0.25, 0.3) is 0 Å². The smallest absolute Gasteiger partial charge is 0.316 e. The molecule has 28 heavy (non-hydrogen) atoms. The van der Waals surface area contributed by atoms with Crippen molar-refractivity contribution in [2.45, 2.75) is 23.9 Å². The van der Waals surface area contributed by atoms with Gasteiger partial charge in [0.1, 0.15) is 13.1 Å². The standard InChI is InChI=1S/C17H17F3N4O3S/c18-17(19,20)14-2-1-3-15(12-14)28(26,27)24-8-4-13(5-9-24)16(25)23(10-6-21)11-7-22/h1-3,12-13H,4-5,8-11H2. The largest absolute Gasteiger partial charge is 0.416 e. The minimum absolute atomic E-state index is 0.0397. The number of amides is 1. The van der Waals surface area contributed by atoms with Crippen molar-refractivity contribution in [3.63, 3.8) is 0 Å². The highest BCUT2D eigenvalue weighted by Gasteiger charge is 2.36. The molecule has 0 saturated carbocycles. The van der Waals surface area contributed by atoms with Crippen LogP contribution in [-0.2, 0) is 21.0 Å². The number of alkyl halides is 3. The number of sulfonamides is 1. The minimum Gasteiger partial charge on any atom is -0.316 e. The molecule has 0 aromatic heterocycles. The molecule has 1 aromatic rings. The number of nitrogens with zero attached hydrogens (tertiary/aromatic N) is 4. The zero-order valence-corrected chi connectivity index (χ0v) is 15.5. The molecule has 1 saturated heterocycles. The van der Waals surface area contributed by atoms with E-state index in [2.05, 4.69) is 0 Å². The number of piperidine rings is 1. The van der Waals surface area contributed by atoms with Crippen LogP contribution in [0.2, 0.25) is 0 Å². The third-order valence-electron chi connectivity index (χ3n) is 4.44. The van der Waals surface area contributed by atoms with Gasteiger partial charge in [0.05, 0.1) is 22.6 Å². The van der Waals surface area contributed by atoms with Crippen molar-refractivity contribution in [1.82, 2.24) is 9.21 Å². The topological polar surface area (TPSA) is 105 Å². The molecular weight excluding hydrogens is 397 g/mol. The van der Waals surface area contributed by atoms with Crippen molar-refractivity contribution in [1.29, 1.82) is 10.5 Å². The number of hydrogen-bond donors (Lipinski definition) is 0. The first-order valence-electron chi connectivity index (χ1n) is 8.31. The molecule has 0 aliphatic carbocycles. The summed E-state index contributed by atoms with van der Waals surface area (Å²) in [7, 11) is -4.13. The number of carbonyl (C=O) groups excluding carboxylic acids is 1. The predicted molar refractivity (Wildman–Crippen MR) is 90.7 cm³/mol. The molecule has 0 atom stereocenters. The average molecular weight is 414 g/mol. The molecule has 1 fully saturated rings. The Bertz CT molecular complexity index is 895. The molecule has 0 radical (unpaired) electrons. The van der Waals surface area contributed by atoms with Gasteiger partial charge in [-0.15, -0.1) is 0 Å². The summed E-state index contributed by atoms with van der Waals surface area (Å²) < 4.78 is 64.9. The summed E-state index contributed by atoms with van der Waals surface area (Å²) in [6.45, 7) is -0.561. The Kier molecular flexibility index (Phi) is 6.65. The van der Waals surface area contributed by atoms with Crippen LogP contribution in [0.3, 0.4) is 0 Å². The van der Waals surface area contributed by atoms with Crippen molar-refractivity contribution >= 4 is 15.9 Å². The van der Waals surface area contributed by atoms with Crippen molar-refractivity contribution in [3.8, 4) is 12.1 Å². The van der Waals surface area contributed by atoms with Crippen molar-refractivity contribution < 1.29 is 26.4 Å². The van der Waals surface area contributed by atoms with Gasteiger partial charge < -0.3 is 4.90 Å². The van der Waals surface area contributed by atoms with Gasteiger partial charge in [-0.05, 0) is 31.0 Å².